The Bertz CT molecular complexity index is 695. The highest BCUT2D eigenvalue weighted by Gasteiger charge is 2.24. The molecule has 7 heteroatoms. The monoisotopic (exact) mass is 359 g/mol. The van der Waals surface area contributed by atoms with Crippen molar-refractivity contribution in [1.82, 2.24) is 25.1 Å². The van der Waals surface area contributed by atoms with E-state index in [1.807, 2.05) is 32.2 Å². The molecule has 0 unspecified atom stereocenters. The van der Waals surface area contributed by atoms with Gasteiger partial charge >= 0.3 is 0 Å². The maximum atomic E-state index is 12.0. The summed E-state index contributed by atoms with van der Waals surface area (Å²) in [5.41, 5.74) is 0.971. The Labute approximate surface area is 152 Å². The molecule has 0 saturated heterocycles. The molecule has 1 aliphatic carbocycles. The van der Waals surface area contributed by atoms with Crippen molar-refractivity contribution in [3.63, 3.8) is 0 Å². The number of nitrogens with one attached hydrogen (secondary N) is 1. The van der Waals surface area contributed by atoms with Gasteiger partial charge < -0.3 is 5.32 Å². The number of carbonyl (C=O) groups is 1. The normalized spacial score (nSPS) is 15.5. The summed E-state index contributed by atoms with van der Waals surface area (Å²) in [6.07, 6.45) is 9.61. The van der Waals surface area contributed by atoms with Gasteiger partial charge in [-0.2, -0.15) is 0 Å². The molecule has 1 N–H and O–H groups in total. The van der Waals surface area contributed by atoms with E-state index in [4.69, 9.17) is 0 Å². The van der Waals surface area contributed by atoms with Gasteiger partial charge in [-0.1, -0.05) is 31.0 Å². The van der Waals surface area contributed by atoms with Crippen LogP contribution in [0.25, 0.3) is 11.4 Å². The lowest BCUT2D eigenvalue weighted by atomic mass is 9.95. The summed E-state index contributed by atoms with van der Waals surface area (Å²) in [4.78, 5) is 16.2. The van der Waals surface area contributed by atoms with Gasteiger partial charge in [0.15, 0.2) is 11.0 Å². The average Bonchev–Trinajstić information content (AvgIpc) is 3.05. The van der Waals surface area contributed by atoms with Gasteiger partial charge in [-0.15, -0.1) is 10.2 Å². The quantitative estimate of drug-likeness (QED) is 0.800. The van der Waals surface area contributed by atoms with Crippen LogP contribution in [0, 0.1) is 0 Å². The van der Waals surface area contributed by atoms with Crippen molar-refractivity contribution in [3.8, 4) is 11.4 Å². The van der Waals surface area contributed by atoms with Gasteiger partial charge in [0.1, 0.15) is 0 Å². The molecular weight excluding hydrogens is 334 g/mol. The molecule has 25 heavy (non-hydrogen) atoms. The molecular formula is C18H25N5OS. The maximum absolute atomic E-state index is 12.0. The number of amides is 1. The minimum Gasteiger partial charge on any atom is -0.353 e. The van der Waals surface area contributed by atoms with E-state index in [0.717, 1.165) is 29.4 Å². The molecule has 2 aromatic heterocycles. The largest absolute Gasteiger partial charge is 0.353 e. The standard InChI is InChI=1S/C18H25N5OS/c1-13(2)20-16(24)12-25-18-22-21-17(14-7-6-10-19-11-14)23(18)15-8-4-3-5-9-15/h6-7,10-11,13,15H,3-5,8-9,12H2,1-2H3,(H,20,24). The van der Waals surface area contributed by atoms with Crippen LogP contribution in [0.1, 0.15) is 52.0 Å². The molecule has 0 spiro atoms. The first-order chi connectivity index (χ1) is 12.1. The van der Waals surface area contributed by atoms with Crippen molar-refractivity contribution in [3.05, 3.63) is 24.5 Å². The lowest BCUT2D eigenvalue weighted by molar-refractivity contribution is -0.119. The fourth-order valence-corrected chi connectivity index (χ4v) is 4.05. The third kappa shape index (κ3) is 4.60. The second kappa shape index (κ2) is 8.47. The summed E-state index contributed by atoms with van der Waals surface area (Å²) in [7, 11) is 0. The second-order valence-electron chi connectivity index (χ2n) is 6.72. The first-order valence-electron chi connectivity index (χ1n) is 8.92. The van der Waals surface area contributed by atoms with Crippen LogP contribution >= 0.6 is 11.8 Å². The Balaban J connectivity index is 1.84. The lowest BCUT2D eigenvalue weighted by Crippen LogP contribution is -2.31. The third-order valence-corrected chi connectivity index (χ3v) is 5.25. The first kappa shape index (κ1) is 17.9. The summed E-state index contributed by atoms with van der Waals surface area (Å²) in [6, 6.07) is 4.47. The van der Waals surface area contributed by atoms with Gasteiger partial charge in [-0.05, 0) is 38.8 Å². The van der Waals surface area contributed by atoms with Crippen molar-refractivity contribution in [2.75, 3.05) is 5.75 Å². The zero-order chi connectivity index (χ0) is 17.6. The van der Waals surface area contributed by atoms with Crippen LogP contribution in [0.4, 0.5) is 0 Å². The molecule has 134 valence electrons. The number of nitrogens with zero attached hydrogens (tertiary/aromatic N) is 4. The molecule has 0 atom stereocenters. The highest BCUT2D eigenvalue weighted by molar-refractivity contribution is 7.99. The van der Waals surface area contributed by atoms with Gasteiger partial charge in [-0.3, -0.25) is 14.3 Å². The van der Waals surface area contributed by atoms with E-state index in [9.17, 15) is 4.79 Å². The fourth-order valence-electron chi connectivity index (χ4n) is 3.23. The minimum absolute atomic E-state index is 0.0288. The van der Waals surface area contributed by atoms with Crippen LogP contribution < -0.4 is 5.32 Å². The topological polar surface area (TPSA) is 72.7 Å². The number of aromatic nitrogens is 4. The van der Waals surface area contributed by atoms with E-state index >= 15 is 0 Å². The van der Waals surface area contributed by atoms with Crippen LogP contribution in [0.5, 0.6) is 0 Å². The maximum Gasteiger partial charge on any atom is 0.230 e. The van der Waals surface area contributed by atoms with E-state index < -0.39 is 0 Å². The molecule has 1 fully saturated rings. The Morgan fingerprint density at radius 2 is 2.12 bits per heavy atom. The Morgan fingerprint density at radius 1 is 1.32 bits per heavy atom. The van der Waals surface area contributed by atoms with Gasteiger partial charge in [0.05, 0.1) is 5.75 Å². The van der Waals surface area contributed by atoms with E-state index in [1.54, 1.807) is 6.20 Å². The Morgan fingerprint density at radius 3 is 2.80 bits per heavy atom. The van der Waals surface area contributed by atoms with Crippen molar-refractivity contribution in [2.45, 2.75) is 63.2 Å². The fraction of sp³-hybridized carbons (Fsp3) is 0.556. The molecule has 3 rings (SSSR count). The van der Waals surface area contributed by atoms with Crippen LogP contribution in [-0.2, 0) is 4.79 Å². The molecule has 1 saturated carbocycles. The first-order valence-corrected chi connectivity index (χ1v) is 9.91. The molecule has 1 amide bonds. The minimum atomic E-state index is 0.0288. The molecule has 1 aliphatic rings. The number of carbonyl (C=O) groups excluding carboxylic acids is 1. The van der Waals surface area contributed by atoms with E-state index in [0.29, 0.717) is 11.8 Å². The summed E-state index contributed by atoms with van der Waals surface area (Å²) >= 11 is 1.46. The SMILES string of the molecule is CC(C)NC(=O)CSc1nnc(-c2cccnc2)n1C1CCCCC1. The Kier molecular flexibility index (Phi) is 6.07. The van der Waals surface area contributed by atoms with E-state index in [-0.39, 0.29) is 11.9 Å². The predicted octanol–water partition coefficient (Wildman–Crippen LogP) is 3.46. The molecule has 0 aliphatic heterocycles. The summed E-state index contributed by atoms with van der Waals surface area (Å²) < 4.78 is 2.23. The second-order valence-corrected chi connectivity index (χ2v) is 7.66. The molecule has 2 aromatic rings. The third-order valence-electron chi connectivity index (χ3n) is 4.31. The molecule has 0 bridgehead atoms. The number of rotatable bonds is 6. The summed E-state index contributed by atoms with van der Waals surface area (Å²) in [5, 5.41) is 12.6. The summed E-state index contributed by atoms with van der Waals surface area (Å²) in [5.74, 6) is 1.24. The highest BCUT2D eigenvalue weighted by Crippen LogP contribution is 2.35. The summed E-state index contributed by atoms with van der Waals surface area (Å²) in [6.45, 7) is 3.93. The molecule has 2 heterocycles. The lowest BCUT2D eigenvalue weighted by Gasteiger charge is -2.25. The van der Waals surface area contributed by atoms with Gasteiger partial charge in [0, 0.05) is 30.0 Å². The zero-order valence-electron chi connectivity index (χ0n) is 14.8. The number of pyridine rings is 1. The van der Waals surface area contributed by atoms with Gasteiger partial charge in [0.2, 0.25) is 5.91 Å². The van der Waals surface area contributed by atoms with Crippen molar-refractivity contribution >= 4 is 17.7 Å². The molecule has 6 nitrogen and oxygen atoms in total. The van der Waals surface area contributed by atoms with Crippen molar-refractivity contribution in [2.24, 2.45) is 0 Å². The number of hydrogen-bond donors (Lipinski definition) is 1. The predicted molar refractivity (Wildman–Crippen MR) is 99.4 cm³/mol. The van der Waals surface area contributed by atoms with Crippen LogP contribution in [-0.4, -0.2) is 37.5 Å². The van der Waals surface area contributed by atoms with Crippen LogP contribution in [0.15, 0.2) is 29.7 Å². The highest BCUT2D eigenvalue weighted by atomic mass is 32.2. The van der Waals surface area contributed by atoms with Crippen molar-refractivity contribution < 1.29 is 4.79 Å². The molecule has 0 radical (unpaired) electrons. The van der Waals surface area contributed by atoms with Gasteiger partial charge in [-0.25, -0.2) is 0 Å². The number of hydrogen-bond acceptors (Lipinski definition) is 5. The molecule has 0 aromatic carbocycles. The number of thioether (sulfide) groups is 1. The van der Waals surface area contributed by atoms with Crippen LogP contribution in [0.2, 0.25) is 0 Å². The smallest absolute Gasteiger partial charge is 0.230 e. The van der Waals surface area contributed by atoms with Gasteiger partial charge in [0.25, 0.3) is 0 Å². The van der Waals surface area contributed by atoms with E-state index in [1.165, 1.54) is 31.0 Å². The van der Waals surface area contributed by atoms with Crippen LogP contribution in [0.3, 0.4) is 0 Å². The van der Waals surface area contributed by atoms with E-state index in [2.05, 4.69) is 25.1 Å². The zero-order valence-corrected chi connectivity index (χ0v) is 15.6. The Hall–Kier alpha value is -1.89. The van der Waals surface area contributed by atoms with Crippen molar-refractivity contribution in [1.29, 1.82) is 0 Å². The average molecular weight is 359 g/mol.